The predicted molar refractivity (Wildman–Crippen MR) is 86.0 cm³/mol. The molecule has 0 atom stereocenters. The third-order valence-electron chi connectivity index (χ3n) is 4.02. The molecule has 0 unspecified atom stereocenters. The summed E-state index contributed by atoms with van der Waals surface area (Å²) in [5.41, 5.74) is 12.0. The first-order valence-electron chi connectivity index (χ1n) is 7.12. The molecule has 0 saturated carbocycles. The van der Waals surface area contributed by atoms with Gasteiger partial charge in [0, 0.05) is 35.0 Å². The Labute approximate surface area is 119 Å². The van der Waals surface area contributed by atoms with Crippen molar-refractivity contribution >= 4 is 21.8 Å². The molecule has 1 aromatic heterocycles. The lowest BCUT2D eigenvalue weighted by Crippen LogP contribution is -2.24. The number of hydrogen-bond donors (Lipinski definition) is 3. The van der Waals surface area contributed by atoms with Gasteiger partial charge in [-0.3, -0.25) is 0 Å². The lowest BCUT2D eigenvalue weighted by Gasteiger charge is -2.07. The first-order valence-corrected chi connectivity index (χ1v) is 7.12. The van der Waals surface area contributed by atoms with E-state index in [1.807, 2.05) is 0 Å². The Hall–Kier alpha value is -1.84. The molecule has 0 aliphatic heterocycles. The van der Waals surface area contributed by atoms with E-state index in [1.165, 1.54) is 38.5 Å². The average molecular weight is 267 g/mol. The van der Waals surface area contributed by atoms with Gasteiger partial charge in [-0.05, 0) is 43.5 Å². The van der Waals surface area contributed by atoms with Crippen LogP contribution in [-0.2, 0) is 6.42 Å². The van der Waals surface area contributed by atoms with Crippen LogP contribution in [0.25, 0.3) is 21.8 Å². The van der Waals surface area contributed by atoms with Gasteiger partial charge in [-0.25, -0.2) is 0 Å². The van der Waals surface area contributed by atoms with E-state index >= 15 is 0 Å². The van der Waals surface area contributed by atoms with Crippen molar-refractivity contribution in [2.75, 3.05) is 13.2 Å². The number of rotatable bonds is 4. The molecule has 0 amide bonds. The van der Waals surface area contributed by atoms with Crippen molar-refractivity contribution in [3.05, 3.63) is 47.0 Å². The highest BCUT2D eigenvalue weighted by Crippen LogP contribution is 2.29. The zero-order valence-electron chi connectivity index (χ0n) is 12.1. The quantitative estimate of drug-likeness (QED) is 0.503. The summed E-state index contributed by atoms with van der Waals surface area (Å²) in [4.78, 5) is 3.56. The van der Waals surface area contributed by atoms with Gasteiger partial charge in [-0.1, -0.05) is 23.8 Å². The Kier molecular flexibility index (Phi) is 3.47. The van der Waals surface area contributed by atoms with E-state index in [2.05, 4.69) is 54.5 Å². The van der Waals surface area contributed by atoms with E-state index in [0.29, 0.717) is 6.67 Å². The van der Waals surface area contributed by atoms with Crippen molar-refractivity contribution in [2.45, 2.75) is 20.3 Å². The zero-order chi connectivity index (χ0) is 14.1. The van der Waals surface area contributed by atoms with Crippen LogP contribution < -0.4 is 11.1 Å². The van der Waals surface area contributed by atoms with E-state index in [-0.39, 0.29) is 0 Å². The molecule has 20 heavy (non-hydrogen) atoms. The van der Waals surface area contributed by atoms with E-state index in [4.69, 9.17) is 5.73 Å². The smallest absolute Gasteiger partial charge is 0.0497 e. The van der Waals surface area contributed by atoms with Crippen LogP contribution >= 0.6 is 0 Å². The minimum atomic E-state index is 0.535. The van der Waals surface area contributed by atoms with Crippen molar-refractivity contribution in [1.82, 2.24) is 10.3 Å². The maximum atomic E-state index is 5.47. The van der Waals surface area contributed by atoms with Crippen molar-refractivity contribution in [1.29, 1.82) is 0 Å². The molecule has 0 radical (unpaired) electrons. The van der Waals surface area contributed by atoms with Gasteiger partial charge in [0.2, 0.25) is 0 Å². The molecule has 0 fully saturated rings. The van der Waals surface area contributed by atoms with Gasteiger partial charge in [-0.2, -0.15) is 0 Å². The summed E-state index contributed by atoms with van der Waals surface area (Å²) < 4.78 is 0. The predicted octanol–water partition coefficient (Wildman–Crippen LogP) is 2.99. The fraction of sp³-hybridized carbons (Fsp3) is 0.294. The summed E-state index contributed by atoms with van der Waals surface area (Å²) in [6.07, 6.45) is 1.01. The van der Waals surface area contributed by atoms with Crippen LogP contribution in [0.5, 0.6) is 0 Å². The maximum Gasteiger partial charge on any atom is 0.0497 e. The molecule has 104 valence electrons. The molecule has 3 rings (SSSR count). The van der Waals surface area contributed by atoms with Gasteiger partial charge < -0.3 is 16.0 Å². The number of aryl methyl sites for hydroxylation is 2. The first-order chi connectivity index (χ1) is 9.70. The fourth-order valence-corrected chi connectivity index (χ4v) is 2.86. The number of benzene rings is 2. The molecule has 1 heterocycles. The number of nitrogens with two attached hydrogens (primary N) is 1. The highest BCUT2D eigenvalue weighted by molar-refractivity contribution is 6.08. The number of fused-ring (bicyclic) bond motifs is 3. The van der Waals surface area contributed by atoms with E-state index < -0.39 is 0 Å². The molecule has 2 aromatic carbocycles. The first kappa shape index (κ1) is 13.2. The Morgan fingerprint density at radius 2 is 1.95 bits per heavy atom. The standard InChI is InChI=1S/C17H21N3/c1-11-3-6-16-15(9-11)14-5-4-13(7-8-19-10-18)12(2)17(14)20-16/h3-6,9,19-20H,7-8,10,18H2,1-2H3. The fourth-order valence-electron chi connectivity index (χ4n) is 2.86. The monoisotopic (exact) mass is 267 g/mol. The van der Waals surface area contributed by atoms with Crippen LogP contribution in [0, 0.1) is 13.8 Å². The Morgan fingerprint density at radius 1 is 1.10 bits per heavy atom. The number of aromatic nitrogens is 1. The SMILES string of the molecule is Cc1ccc2[nH]c3c(C)c(CCNCN)ccc3c2c1. The summed E-state index contributed by atoms with van der Waals surface area (Å²) in [5, 5.41) is 5.80. The molecule has 0 aliphatic rings. The second kappa shape index (κ2) is 5.27. The van der Waals surface area contributed by atoms with E-state index in [9.17, 15) is 0 Å². The lowest BCUT2D eigenvalue weighted by atomic mass is 10.0. The molecular formula is C17H21N3. The summed E-state index contributed by atoms with van der Waals surface area (Å²) in [5.74, 6) is 0. The molecule has 0 saturated heterocycles. The lowest BCUT2D eigenvalue weighted by molar-refractivity contribution is 0.700. The van der Waals surface area contributed by atoms with Gasteiger partial charge in [-0.15, -0.1) is 0 Å². The minimum absolute atomic E-state index is 0.535. The van der Waals surface area contributed by atoms with Gasteiger partial charge in [0.1, 0.15) is 0 Å². The topological polar surface area (TPSA) is 53.8 Å². The molecule has 3 aromatic rings. The molecule has 0 spiro atoms. The summed E-state index contributed by atoms with van der Waals surface area (Å²) in [6.45, 7) is 5.79. The van der Waals surface area contributed by atoms with Crippen LogP contribution in [0.2, 0.25) is 0 Å². The van der Waals surface area contributed by atoms with Crippen LogP contribution in [0.4, 0.5) is 0 Å². The zero-order valence-corrected chi connectivity index (χ0v) is 12.1. The Morgan fingerprint density at radius 3 is 2.75 bits per heavy atom. The van der Waals surface area contributed by atoms with Gasteiger partial charge in [0.15, 0.2) is 0 Å². The molecular weight excluding hydrogens is 246 g/mol. The second-order valence-electron chi connectivity index (χ2n) is 5.40. The van der Waals surface area contributed by atoms with E-state index in [1.54, 1.807) is 0 Å². The van der Waals surface area contributed by atoms with E-state index in [0.717, 1.165) is 13.0 Å². The number of nitrogens with one attached hydrogen (secondary N) is 2. The third-order valence-corrected chi connectivity index (χ3v) is 4.02. The summed E-state index contributed by atoms with van der Waals surface area (Å²) in [6, 6.07) is 11.0. The van der Waals surface area contributed by atoms with Gasteiger partial charge >= 0.3 is 0 Å². The highest BCUT2D eigenvalue weighted by Gasteiger charge is 2.09. The number of aromatic amines is 1. The second-order valence-corrected chi connectivity index (χ2v) is 5.40. The average Bonchev–Trinajstić information content (AvgIpc) is 2.80. The number of hydrogen-bond acceptors (Lipinski definition) is 2. The van der Waals surface area contributed by atoms with Crippen molar-refractivity contribution < 1.29 is 0 Å². The molecule has 0 aliphatic carbocycles. The van der Waals surface area contributed by atoms with Crippen LogP contribution in [0.3, 0.4) is 0 Å². The third kappa shape index (κ3) is 2.19. The Balaban J connectivity index is 2.10. The van der Waals surface area contributed by atoms with Crippen molar-refractivity contribution in [3.8, 4) is 0 Å². The molecule has 3 nitrogen and oxygen atoms in total. The molecule has 4 N–H and O–H groups in total. The number of H-pyrrole nitrogens is 1. The van der Waals surface area contributed by atoms with Gasteiger partial charge in [0.05, 0.1) is 0 Å². The molecule has 3 heteroatoms. The highest BCUT2D eigenvalue weighted by atomic mass is 14.9. The normalized spacial score (nSPS) is 11.6. The van der Waals surface area contributed by atoms with Crippen LogP contribution in [0.1, 0.15) is 16.7 Å². The summed E-state index contributed by atoms with van der Waals surface area (Å²) >= 11 is 0. The van der Waals surface area contributed by atoms with Crippen molar-refractivity contribution in [3.63, 3.8) is 0 Å². The minimum Gasteiger partial charge on any atom is -0.354 e. The van der Waals surface area contributed by atoms with Gasteiger partial charge in [0.25, 0.3) is 0 Å². The largest absolute Gasteiger partial charge is 0.354 e. The van der Waals surface area contributed by atoms with Crippen molar-refractivity contribution in [2.24, 2.45) is 5.73 Å². The summed E-state index contributed by atoms with van der Waals surface area (Å²) in [7, 11) is 0. The Bertz CT molecular complexity index is 756. The maximum absolute atomic E-state index is 5.47. The molecule has 0 bridgehead atoms. The van der Waals surface area contributed by atoms with Crippen LogP contribution in [0.15, 0.2) is 30.3 Å². The van der Waals surface area contributed by atoms with Crippen LogP contribution in [-0.4, -0.2) is 18.2 Å².